The lowest BCUT2D eigenvalue weighted by Crippen LogP contribution is -2.45. The molecule has 1 unspecified atom stereocenters. The van der Waals surface area contributed by atoms with Crippen molar-refractivity contribution in [2.45, 2.75) is 63.5 Å². The smallest absolute Gasteiger partial charge is 0.234 e. The van der Waals surface area contributed by atoms with Gasteiger partial charge in [-0.3, -0.25) is 14.5 Å². The molecule has 3 fully saturated rings. The second kappa shape index (κ2) is 9.24. The van der Waals surface area contributed by atoms with E-state index in [-0.39, 0.29) is 29.6 Å². The standard InChI is InChI=1S/C23H32FN3O2/c24-19-7-5-17(6-8-19)22(16-3-1-2-4-16)26-21(28)15-27-13-11-18(12-14-27)23(29)25-20-9-10-20/h5-8,16,18,20,22H,1-4,9-15H2,(H,25,29)(H,26,28). The Bertz CT molecular complexity index is 705. The van der Waals surface area contributed by atoms with Crippen molar-refractivity contribution >= 4 is 11.8 Å². The van der Waals surface area contributed by atoms with Gasteiger partial charge in [-0.1, -0.05) is 25.0 Å². The van der Waals surface area contributed by atoms with E-state index in [9.17, 15) is 14.0 Å². The van der Waals surface area contributed by atoms with E-state index in [0.717, 1.165) is 57.2 Å². The Morgan fingerprint density at radius 1 is 1.00 bits per heavy atom. The van der Waals surface area contributed by atoms with Crippen LogP contribution >= 0.6 is 0 Å². The number of likely N-dealkylation sites (tertiary alicyclic amines) is 1. The maximum atomic E-state index is 13.3. The number of piperidine rings is 1. The molecule has 2 saturated carbocycles. The first kappa shape index (κ1) is 20.3. The van der Waals surface area contributed by atoms with Gasteiger partial charge >= 0.3 is 0 Å². The van der Waals surface area contributed by atoms with E-state index in [2.05, 4.69) is 15.5 Å². The third-order valence-corrected chi connectivity index (χ3v) is 6.67. The summed E-state index contributed by atoms with van der Waals surface area (Å²) < 4.78 is 13.3. The van der Waals surface area contributed by atoms with Crippen LogP contribution in [0.1, 0.15) is 63.0 Å². The van der Waals surface area contributed by atoms with Crippen LogP contribution in [0, 0.1) is 17.7 Å². The predicted octanol–water partition coefficient (Wildman–Crippen LogP) is 3.16. The summed E-state index contributed by atoms with van der Waals surface area (Å²) in [5.41, 5.74) is 0.988. The Balaban J connectivity index is 1.29. The van der Waals surface area contributed by atoms with Gasteiger partial charge in [0.05, 0.1) is 12.6 Å². The highest BCUT2D eigenvalue weighted by atomic mass is 19.1. The normalized spacial score (nSPS) is 22.4. The topological polar surface area (TPSA) is 61.4 Å². The third kappa shape index (κ3) is 5.56. The van der Waals surface area contributed by atoms with Gasteiger partial charge in [0, 0.05) is 12.0 Å². The monoisotopic (exact) mass is 401 g/mol. The first-order valence-corrected chi connectivity index (χ1v) is 11.2. The van der Waals surface area contributed by atoms with Crippen LogP contribution in [-0.2, 0) is 9.59 Å². The van der Waals surface area contributed by atoms with E-state index in [1.165, 1.54) is 25.0 Å². The van der Waals surface area contributed by atoms with Gasteiger partial charge in [-0.15, -0.1) is 0 Å². The molecule has 2 aliphatic carbocycles. The zero-order valence-electron chi connectivity index (χ0n) is 17.0. The second-order valence-corrected chi connectivity index (χ2v) is 8.97. The molecule has 158 valence electrons. The van der Waals surface area contributed by atoms with Gasteiger partial charge in [-0.25, -0.2) is 4.39 Å². The Labute approximate surface area is 172 Å². The van der Waals surface area contributed by atoms with Crippen LogP contribution < -0.4 is 10.6 Å². The molecule has 0 spiro atoms. The summed E-state index contributed by atoms with van der Waals surface area (Å²) in [5, 5.41) is 6.32. The molecule has 3 aliphatic rings. The fourth-order valence-corrected chi connectivity index (χ4v) is 4.76. The summed E-state index contributed by atoms with van der Waals surface area (Å²) >= 11 is 0. The number of nitrogens with zero attached hydrogens (tertiary/aromatic N) is 1. The molecule has 29 heavy (non-hydrogen) atoms. The lowest BCUT2D eigenvalue weighted by Gasteiger charge is -2.32. The summed E-state index contributed by atoms with van der Waals surface area (Å²) in [6.07, 6.45) is 8.44. The average Bonchev–Trinajstić information content (AvgIpc) is 3.36. The van der Waals surface area contributed by atoms with E-state index >= 15 is 0 Å². The largest absolute Gasteiger partial charge is 0.353 e. The summed E-state index contributed by atoms with van der Waals surface area (Å²) in [5.74, 6) is 0.460. The van der Waals surface area contributed by atoms with Gasteiger partial charge < -0.3 is 10.6 Å². The highest BCUT2D eigenvalue weighted by molar-refractivity contribution is 5.80. The SMILES string of the molecule is O=C(CN1CCC(C(=O)NC2CC2)CC1)NC(c1ccc(F)cc1)C1CCCC1. The van der Waals surface area contributed by atoms with Crippen LogP contribution in [0.4, 0.5) is 4.39 Å². The number of hydrogen-bond acceptors (Lipinski definition) is 3. The highest BCUT2D eigenvalue weighted by Gasteiger charge is 2.31. The number of carbonyl (C=O) groups excluding carboxylic acids is 2. The number of rotatable bonds is 7. The second-order valence-electron chi connectivity index (χ2n) is 8.97. The van der Waals surface area contributed by atoms with Crippen LogP contribution in [-0.4, -0.2) is 42.4 Å². The zero-order valence-corrected chi connectivity index (χ0v) is 17.0. The van der Waals surface area contributed by atoms with Crippen LogP contribution in [0.2, 0.25) is 0 Å². The summed E-state index contributed by atoms with van der Waals surface area (Å²) in [6, 6.07) is 6.89. The van der Waals surface area contributed by atoms with E-state index < -0.39 is 0 Å². The minimum absolute atomic E-state index is 0.0205. The fourth-order valence-electron chi connectivity index (χ4n) is 4.76. The maximum absolute atomic E-state index is 13.3. The molecular weight excluding hydrogens is 369 g/mol. The summed E-state index contributed by atoms with van der Waals surface area (Å²) in [4.78, 5) is 27.1. The molecule has 2 amide bonds. The van der Waals surface area contributed by atoms with Crippen LogP contribution in [0.25, 0.3) is 0 Å². The minimum atomic E-state index is -0.251. The number of nitrogens with one attached hydrogen (secondary N) is 2. The van der Waals surface area contributed by atoms with Crippen molar-refractivity contribution in [2.24, 2.45) is 11.8 Å². The molecule has 0 bridgehead atoms. The van der Waals surface area contributed by atoms with Gasteiger partial charge in [-0.05, 0) is 75.2 Å². The molecular formula is C23H32FN3O2. The van der Waals surface area contributed by atoms with Crippen molar-refractivity contribution in [3.05, 3.63) is 35.6 Å². The Hall–Kier alpha value is -1.95. The maximum Gasteiger partial charge on any atom is 0.234 e. The van der Waals surface area contributed by atoms with Gasteiger partial charge in [0.15, 0.2) is 0 Å². The summed E-state index contributed by atoms with van der Waals surface area (Å²) in [6.45, 7) is 1.92. The molecule has 2 N–H and O–H groups in total. The Morgan fingerprint density at radius 3 is 2.28 bits per heavy atom. The van der Waals surface area contributed by atoms with Gasteiger partial charge in [0.1, 0.15) is 5.82 Å². The first-order chi connectivity index (χ1) is 14.1. The number of hydrogen-bond donors (Lipinski definition) is 2. The number of amides is 2. The molecule has 6 heteroatoms. The van der Waals surface area contributed by atoms with Crippen molar-refractivity contribution in [1.82, 2.24) is 15.5 Å². The Morgan fingerprint density at radius 2 is 1.66 bits per heavy atom. The molecule has 0 aromatic heterocycles. The molecule has 1 aromatic carbocycles. The van der Waals surface area contributed by atoms with E-state index in [0.29, 0.717) is 18.5 Å². The predicted molar refractivity (Wildman–Crippen MR) is 110 cm³/mol. The van der Waals surface area contributed by atoms with Crippen molar-refractivity contribution in [2.75, 3.05) is 19.6 Å². The van der Waals surface area contributed by atoms with Crippen molar-refractivity contribution in [3.63, 3.8) is 0 Å². The molecule has 1 aromatic rings. The number of halogens is 1. The minimum Gasteiger partial charge on any atom is -0.353 e. The van der Waals surface area contributed by atoms with Crippen LogP contribution in [0.5, 0.6) is 0 Å². The van der Waals surface area contributed by atoms with Gasteiger partial charge in [0.2, 0.25) is 11.8 Å². The molecule has 1 heterocycles. The molecule has 1 atom stereocenters. The van der Waals surface area contributed by atoms with E-state index in [4.69, 9.17) is 0 Å². The third-order valence-electron chi connectivity index (χ3n) is 6.67. The first-order valence-electron chi connectivity index (χ1n) is 11.2. The average molecular weight is 402 g/mol. The lowest BCUT2D eigenvalue weighted by atomic mass is 9.91. The Kier molecular flexibility index (Phi) is 6.48. The fraction of sp³-hybridized carbons (Fsp3) is 0.652. The molecule has 1 saturated heterocycles. The summed E-state index contributed by atoms with van der Waals surface area (Å²) in [7, 11) is 0. The lowest BCUT2D eigenvalue weighted by molar-refractivity contribution is -0.127. The number of benzene rings is 1. The molecule has 0 radical (unpaired) electrons. The van der Waals surface area contributed by atoms with E-state index in [1.54, 1.807) is 12.1 Å². The number of carbonyl (C=O) groups is 2. The van der Waals surface area contributed by atoms with Crippen molar-refractivity contribution in [3.8, 4) is 0 Å². The highest BCUT2D eigenvalue weighted by Crippen LogP contribution is 2.35. The molecule has 1 aliphatic heterocycles. The molecule has 4 rings (SSSR count). The van der Waals surface area contributed by atoms with Crippen LogP contribution in [0.15, 0.2) is 24.3 Å². The quantitative estimate of drug-likeness (QED) is 0.738. The zero-order chi connectivity index (χ0) is 20.2. The van der Waals surface area contributed by atoms with E-state index in [1.807, 2.05) is 0 Å². The molecule has 5 nitrogen and oxygen atoms in total. The van der Waals surface area contributed by atoms with Gasteiger partial charge in [0.25, 0.3) is 0 Å². The van der Waals surface area contributed by atoms with Gasteiger partial charge in [-0.2, -0.15) is 0 Å². The van der Waals surface area contributed by atoms with Crippen molar-refractivity contribution in [1.29, 1.82) is 0 Å². The van der Waals surface area contributed by atoms with Crippen molar-refractivity contribution < 1.29 is 14.0 Å². The van der Waals surface area contributed by atoms with Crippen LogP contribution in [0.3, 0.4) is 0 Å².